The van der Waals surface area contributed by atoms with Crippen LogP contribution in [0.4, 0.5) is 16.9 Å². The number of thioether (sulfide) groups is 2. The zero-order valence-corrected chi connectivity index (χ0v) is 24.8. The number of oxime groups is 1. The number of hydrogen-bond donors (Lipinski definition) is 6. The summed E-state index contributed by atoms with van der Waals surface area (Å²) in [6.07, 6.45) is -1.22. The third-order valence-corrected chi connectivity index (χ3v) is 9.11. The normalized spacial score (nSPS) is 19.1. The van der Waals surface area contributed by atoms with E-state index in [0.717, 1.165) is 16.2 Å². The van der Waals surface area contributed by atoms with E-state index in [9.17, 15) is 24.3 Å². The Labute approximate surface area is 251 Å². The summed E-state index contributed by atoms with van der Waals surface area (Å²) in [7, 11) is 0. The van der Waals surface area contributed by atoms with E-state index in [1.54, 1.807) is 10.6 Å². The van der Waals surface area contributed by atoms with Gasteiger partial charge in [-0.25, -0.2) is 14.3 Å². The second kappa shape index (κ2) is 12.8. The highest BCUT2D eigenvalue weighted by Crippen LogP contribution is 2.41. The Morgan fingerprint density at radius 1 is 1.31 bits per heavy atom. The number of carbonyl (C=O) groups is 4. The van der Waals surface area contributed by atoms with Crippen molar-refractivity contribution in [1.29, 1.82) is 0 Å². The van der Waals surface area contributed by atoms with Crippen molar-refractivity contribution in [3.63, 3.8) is 0 Å². The van der Waals surface area contributed by atoms with E-state index in [4.69, 9.17) is 27.1 Å². The maximum absolute atomic E-state index is 13.2. The number of carbonyl (C=O) groups excluding carboxylic acids is 2. The van der Waals surface area contributed by atoms with Crippen molar-refractivity contribution in [3.8, 4) is 0 Å². The lowest BCUT2D eigenvalue weighted by atomic mass is 10.0. The highest BCUT2D eigenvalue weighted by atomic mass is 32.2. The molecule has 0 saturated carbocycles. The van der Waals surface area contributed by atoms with Gasteiger partial charge in [0.2, 0.25) is 0 Å². The molecule has 4 heterocycles. The molecule has 42 heavy (non-hydrogen) atoms. The maximum atomic E-state index is 13.2. The number of anilines is 3. The molecule has 4 rings (SSSR count). The van der Waals surface area contributed by atoms with Crippen molar-refractivity contribution >= 4 is 81.2 Å². The van der Waals surface area contributed by atoms with Gasteiger partial charge in [0.15, 0.2) is 21.7 Å². The average Bonchev–Trinajstić information content (AvgIpc) is 3.35. The summed E-state index contributed by atoms with van der Waals surface area (Å²) in [6.45, 7) is 3.88. The summed E-state index contributed by atoms with van der Waals surface area (Å²) in [5.74, 6) is -2.69. The number of carboxylic acids is 2. The molecule has 0 aliphatic carbocycles. The van der Waals surface area contributed by atoms with Crippen LogP contribution in [0.3, 0.4) is 0 Å². The predicted molar refractivity (Wildman–Crippen MR) is 155 cm³/mol. The first-order valence-electron chi connectivity index (χ1n) is 12.4. The number of nitrogens with zero attached hydrogens (tertiary/aromatic N) is 5. The number of amides is 2. The summed E-state index contributed by atoms with van der Waals surface area (Å²) < 4.78 is 1.63. The van der Waals surface area contributed by atoms with Gasteiger partial charge in [-0.1, -0.05) is 16.9 Å². The van der Waals surface area contributed by atoms with Crippen LogP contribution in [0.25, 0.3) is 0 Å². The van der Waals surface area contributed by atoms with Crippen molar-refractivity contribution in [2.24, 2.45) is 5.16 Å². The molecular formula is C23H28N9O7S3+. The van der Waals surface area contributed by atoms with Crippen LogP contribution in [0.2, 0.25) is 0 Å². The third-order valence-electron chi connectivity index (χ3n) is 6.10. The van der Waals surface area contributed by atoms with Gasteiger partial charge in [0.05, 0.1) is 13.0 Å². The second-order valence-electron chi connectivity index (χ2n) is 9.05. The lowest BCUT2D eigenvalue weighted by Gasteiger charge is -2.49. The van der Waals surface area contributed by atoms with E-state index in [0.29, 0.717) is 23.0 Å². The van der Waals surface area contributed by atoms with Crippen LogP contribution in [0, 0.1) is 0 Å². The molecule has 19 heteroatoms. The molecule has 16 nitrogen and oxygen atoms in total. The molecule has 2 aromatic rings. The summed E-state index contributed by atoms with van der Waals surface area (Å²) in [6, 6.07) is 0.592. The molecule has 2 aromatic heterocycles. The number of aliphatic carboxylic acids is 2. The Hall–Kier alpha value is -4.10. The average molecular weight is 639 g/mol. The standard InChI is InChI=1S/C23H27N9O7S3/c1-3-31-12(24)5-13(28-22(31)25)40-6-10-7-41-20-16(19(36)32(20)17(10)21(37)38)29-18(35)15(11-8-42-23(26)27-11)30-39-9(2)4-14(33)34/h5,8-9,16,20H,3-4,6-7H2,1-2H3,(H8,24,25,26,27,28,29,33,34,35,37,38)/p+1/b30-15-/t9?,16-,20-/m1/s1. The zero-order chi connectivity index (χ0) is 30.7. The quantitative estimate of drug-likeness (QED) is 0.0436. The molecule has 0 radical (unpaired) electrons. The lowest BCUT2D eigenvalue weighted by Crippen LogP contribution is -2.71. The molecule has 2 amide bonds. The molecule has 3 atom stereocenters. The SMILES string of the molecule is CC[n+]1c(N)cc(SCC2=C(C(=O)O)N3C(=O)[C@@H](NC(=O)/C(=N\OC(C)CC(=O)O)c4csc(N)n4)[C@H]3SC2)nc1N. The number of nitrogen functional groups attached to an aromatic ring is 3. The number of rotatable bonds is 12. The first-order valence-corrected chi connectivity index (χ1v) is 15.3. The molecule has 1 fully saturated rings. The number of β-lactam (4-membered cyclic amide) rings is 1. The van der Waals surface area contributed by atoms with Crippen molar-refractivity contribution in [2.75, 3.05) is 28.7 Å². The van der Waals surface area contributed by atoms with Crippen LogP contribution in [0.5, 0.6) is 0 Å². The number of aromatic nitrogens is 3. The number of hydrogen-bond acceptors (Lipinski definition) is 14. The summed E-state index contributed by atoms with van der Waals surface area (Å²) >= 11 is 3.58. The fourth-order valence-electron chi connectivity index (χ4n) is 4.15. The lowest BCUT2D eigenvalue weighted by molar-refractivity contribution is -0.667. The summed E-state index contributed by atoms with van der Waals surface area (Å²) in [5, 5.41) is 26.7. The molecule has 0 aromatic carbocycles. The largest absolute Gasteiger partial charge is 0.481 e. The molecule has 2 aliphatic rings. The molecule has 2 aliphatic heterocycles. The van der Waals surface area contributed by atoms with Gasteiger partial charge in [0.1, 0.15) is 28.9 Å². The van der Waals surface area contributed by atoms with Crippen LogP contribution < -0.4 is 27.1 Å². The molecule has 1 saturated heterocycles. The Morgan fingerprint density at radius 3 is 2.64 bits per heavy atom. The fraction of sp³-hybridized carbons (Fsp3) is 0.391. The van der Waals surface area contributed by atoms with Crippen LogP contribution >= 0.6 is 34.9 Å². The van der Waals surface area contributed by atoms with Gasteiger partial charge < -0.3 is 37.6 Å². The maximum Gasteiger partial charge on any atom is 0.352 e. The number of nitrogens with one attached hydrogen (secondary N) is 1. The Kier molecular flexibility index (Phi) is 9.42. The summed E-state index contributed by atoms with van der Waals surface area (Å²) in [4.78, 5) is 64.2. The van der Waals surface area contributed by atoms with E-state index in [-0.39, 0.29) is 46.1 Å². The van der Waals surface area contributed by atoms with Crippen LogP contribution in [-0.2, 0) is 30.6 Å². The zero-order valence-electron chi connectivity index (χ0n) is 22.3. The molecule has 0 spiro atoms. The molecule has 224 valence electrons. The van der Waals surface area contributed by atoms with Crippen LogP contribution in [0.1, 0.15) is 26.0 Å². The topological polar surface area (TPSA) is 253 Å². The van der Waals surface area contributed by atoms with E-state index in [1.807, 2.05) is 6.92 Å². The van der Waals surface area contributed by atoms with E-state index in [1.165, 1.54) is 35.8 Å². The minimum atomic E-state index is -1.28. The molecule has 0 bridgehead atoms. The van der Waals surface area contributed by atoms with Crippen LogP contribution in [-0.4, -0.2) is 83.6 Å². The minimum Gasteiger partial charge on any atom is -0.481 e. The van der Waals surface area contributed by atoms with Crippen molar-refractivity contribution in [1.82, 2.24) is 20.2 Å². The van der Waals surface area contributed by atoms with Gasteiger partial charge in [-0.15, -0.1) is 28.1 Å². The van der Waals surface area contributed by atoms with Crippen molar-refractivity contribution in [2.45, 2.75) is 49.4 Å². The van der Waals surface area contributed by atoms with E-state index in [2.05, 4.69) is 20.4 Å². The van der Waals surface area contributed by atoms with Gasteiger partial charge in [0.25, 0.3) is 11.8 Å². The van der Waals surface area contributed by atoms with E-state index >= 15 is 0 Å². The number of fused-ring (bicyclic) bond motifs is 1. The summed E-state index contributed by atoms with van der Waals surface area (Å²) in [5.41, 5.74) is 17.8. The number of thiazole rings is 1. The molecule has 9 N–H and O–H groups in total. The first-order chi connectivity index (χ1) is 19.9. The Balaban J connectivity index is 1.49. The monoisotopic (exact) mass is 638 g/mol. The number of carboxylic acid groups (broad SMARTS) is 2. The third kappa shape index (κ3) is 6.52. The molecular weight excluding hydrogens is 611 g/mol. The number of nitrogens with two attached hydrogens (primary N) is 3. The van der Waals surface area contributed by atoms with Crippen LogP contribution in [0.15, 0.2) is 32.9 Å². The smallest absolute Gasteiger partial charge is 0.352 e. The molecule has 1 unspecified atom stereocenters. The Bertz CT molecular complexity index is 1470. The van der Waals surface area contributed by atoms with Gasteiger partial charge in [0, 0.05) is 23.0 Å². The van der Waals surface area contributed by atoms with Gasteiger partial charge in [-0.05, 0) is 19.4 Å². The van der Waals surface area contributed by atoms with Gasteiger partial charge in [-0.2, -0.15) is 0 Å². The van der Waals surface area contributed by atoms with Crippen molar-refractivity contribution < 1.29 is 38.8 Å². The van der Waals surface area contributed by atoms with E-state index < -0.39 is 41.3 Å². The Morgan fingerprint density at radius 2 is 2.05 bits per heavy atom. The van der Waals surface area contributed by atoms with Gasteiger partial charge in [-0.3, -0.25) is 19.3 Å². The fourth-order valence-corrected chi connectivity index (χ4v) is 7.10. The highest BCUT2D eigenvalue weighted by molar-refractivity contribution is 8.01. The first kappa shape index (κ1) is 30.8. The second-order valence-corrected chi connectivity index (χ2v) is 12.0. The highest BCUT2D eigenvalue weighted by Gasteiger charge is 2.54. The van der Waals surface area contributed by atoms with Crippen molar-refractivity contribution in [3.05, 3.63) is 28.4 Å². The minimum absolute atomic E-state index is 0.0723. The predicted octanol–water partition coefficient (Wildman–Crippen LogP) is -0.293. The van der Waals surface area contributed by atoms with Gasteiger partial charge >= 0.3 is 17.9 Å².